The third-order valence-electron chi connectivity index (χ3n) is 2.65. The molecule has 0 unspecified atom stereocenters. The first-order valence-electron chi connectivity index (χ1n) is 5.96. The van der Waals surface area contributed by atoms with Crippen molar-refractivity contribution in [2.75, 3.05) is 12.4 Å². The molecule has 0 spiro atoms. The molecule has 1 rings (SSSR count). The van der Waals surface area contributed by atoms with Gasteiger partial charge >= 0.3 is 5.97 Å². The van der Waals surface area contributed by atoms with Crippen LogP contribution in [0.1, 0.15) is 20.8 Å². The molecule has 0 bridgehead atoms. The Morgan fingerprint density at radius 3 is 2.63 bits per heavy atom. The van der Waals surface area contributed by atoms with Gasteiger partial charge in [0.25, 0.3) is 0 Å². The fourth-order valence-corrected chi connectivity index (χ4v) is 2.34. The molecule has 104 valence electrons. The molecule has 0 saturated heterocycles. The number of carbonyl (C=O) groups excluding carboxylic acids is 2. The average molecular weight is 284 g/mol. The Morgan fingerprint density at radius 1 is 1.37 bits per heavy atom. The number of esters is 1. The Morgan fingerprint density at radius 2 is 2.05 bits per heavy atom. The zero-order valence-corrected chi connectivity index (χ0v) is 12.1. The van der Waals surface area contributed by atoms with Crippen molar-refractivity contribution in [1.82, 2.24) is 0 Å². The van der Waals surface area contributed by atoms with Crippen LogP contribution in [-0.2, 0) is 14.3 Å². The summed E-state index contributed by atoms with van der Waals surface area (Å²) in [4.78, 5) is 24.3. The summed E-state index contributed by atoms with van der Waals surface area (Å²) in [7, 11) is 0. The standard InChI is InChI=1S/C14H17FO3S/c1-4-18-13(17)14(2,3)12(16)9-19-11-7-5-6-10(15)8-11/h5-8H,4,9H2,1-3H3. The molecular weight excluding hydrogens is 267 g/mol. The van der Waals surface area contributed by atoms with Gasteiger partial charge in [0.15, 0.2) is 5.78 Å². The van der Waals surface area contributed by atoms with Crippen LogP contribution in [0.5, 0.6) is 0 Å². The van der Waals surface area contributed by atoms with E-state index in [1.54, 1.807) is 32.9 Å². The van der Waals surface area contributed by atoms with E-state index < -0.39 is 11.4 Å². The monoisotopic (exact) mass is 284 g/mol. The van der Waals surface area contributed by atoms with Gasteiger partial charge in [0.1, 0.15) is 11.2 Å². The molecule has 0 fully saturated rings. The van der Waals surface area contributed by atoms with Gasteiger partial charge < -0.3 is 4.74 Å². The molecule has 0 aromatic heterocycles. The number of Topliss-reactive ketones (excluding diaryl/α,β-unsaturated/α-hetero) is 1. The van der Waals surface area contributed by atoms with Gasteiger partial charge in [0.05, 0.1) is 12.4 Å². The van der Waals surface area contributed by atoms with E-state index in [9.17, 15) is 14.0 Å². The normalized spacial score (nSPS) is 11.2. The number of ether oxygens (including phenoxy) is 1. The molecule has 1 aromatic carbocycles. The predicted octanol–water partition coefficient (Wildman–Crippen LogP) is 3.08. The first-order valence-corrected chi connectivity index (χ1v) is 6.95. The van der Waals surface area contributed by atoms with E-state index in [-0.39, 0.29) is 24.0 Å². The molecule has 0 radical (unpaired) electrons. The summed E-state index contributed by atoms with van der Waals surface area (Å²) in [6, 6.07) is 6.00. The second kappa shape index (κ2) is 6.70. The van der Waals surface area contributed by atoms with Crippen LogP contribution in [0, 0.1) is 11.2 Å². The summed E-state index contributed by atoms with van der Waals surface area (Å²) in [5, 5.41) is 0. The number of carbonyl (C=O) groups is 2. The van der Waals surface area contributed by atoms with Crippen LogP contribution in [0.25, 0.3) is 0 Å². The van der Waals surface area contributed by atoms with Crippen LogP contribution < -0.4 is 0 Å². The number of ketones is 1. The minimum Gasteiger partial charge on any atom is -0.465 e. The summed E-state index contributed by atoms with van der Waals surface area (Å²) in [6.07, 6.45) is 0. The van der Waals surface area contributed by atoms with Gasteiger partial charge in [-0.2, -0.15) is 0 Å². The van der Waals surface area contributed by atoms with Crippen LogP contribution >= 0.6 is 11.8 Å². The molecule has 0 aliphatic carbocycles. The van der Waals surface area contributed by atoms with Crippen LogP contribution in [0.3, 0.4) is 0 Å². The van der Waals surface area contributed by atoms with Crippen LogP contribution in [0.2, 0.25) is 0 Å². The fraction of sp³-hybridized carbons (Fsp3) is 0.429. The van der Waals surface area contributed by atoms with Gasteiger partial charge in [0.2, 0.25) is 0 Å². The van der Waals surface area contributed by atoms with Crippen molar-refractivity contribution >= 4 is 23.5 Å². The van der Waals surface area contributed by atoms with Gasteiger partial charge in [0, 0.05) is 4.90 Å². The van der Waals surface area contributed by atoms with Crippen molar-refractivity contribution in [3.63, 3.8) is 0 Å². The molecule has 0 aliphatic heterocycles. The molecular formula is C14H17FO3S. The lowest BCUT2D eigenvalue weighted by atomic mass is 9.89. The van der Waals surface area contributed by atoms with Crippen molar-refractivity contribution < 1.29 is 18.7 Å². The van der Waals surface area contributed by atoms with E-state index >= 15 is 0 Å². The van der Waals surface area contributed by atoms with E-state index in [0.29, 0.717) is 4.90 Å². The van der Waals surface area contributed by atoms with E-state index in [1.165, 1.54) is 23.9 Å². The van der Waals surface area contributed by atoms with Crippen molar-refractivity contribution in [2.45, 2.75) is 25.7 Å². The minimum absolute atomic E-state index is 0.106. The van der Waals surface area contributed by atoms with Gasteiger partial charge in [-0.3, -0.25) is 9.59 Å². The van der Waals surface area contributed by atoms with Crippen molar-refractivity contribution in [3.8, 4) is 0 Å². The number of benzene rings is 1. The number of hydrogen-bond donors (Lipinski definition) is 0. The van der Waals surface area contributed by atoms with E-state index in [2.05, 4.69) is 0 Å². The summed E-state index contributed by atoms with van der Waals surface area (Å²) < 4.78 is 17.9. The highest BCUT2D eigenvalue weighted by atomic mass is 32.2. The number of halogens is 1. The van der Waals surface area contributed by atoms with Crippen LogP contribution in [0.4, 0.5) is 4.39 Å². The zero-order valence-electron chi connectivity index (χ0n) is 11.2. The molecule has 0 saturated carbocycles. The van der Waals surface area contributed by atoms with Gasteiger partial charge in [-0.25, -0.2) is 4.39 Å². The lowest BCUT2D eigenvalue weighted by Crippen LogP contribution is -2.36. The van der Waals surface area contributed by atoms with Crippen LogP contribution in [0.15, 0.2) is 29.2 Å². The maximum Gasteiger partial charge on any atom is 0.319 e. The van der Waals surface area contributed by atoms with E-state index in [0.717, 1.165) is 0 Å². The molecule has 0 N–H and O–H groups in total. The summed E-state index contributed by atoms with van der Waals surface area (Å²) in [5.41, 5.74) is -1.17. The summed E-state index contributed by atoms with van der Waals surface area (Å²) in [6.45, 7) is 5.02. The van der Waals surface area contributed by atoms with Crippen molar-refractivity contribution in [3.05, 3.63) is 30.1 Å². The number of rotatable bonds is 6. The quantitative estimate of drug-likeness (QED) is 0.457. The molecule has 0 heterocycles. The SMILES string of the molecule is CCOC(=O)C(C)(C)C(=O)CSc1cccc(F)c1. The Labute approximate surface area is 116 Å². The maximum atomic E-state index is 13.0. The molecule has 0 aliphatic rings. The molecule has 0 atom stereocenters. The first kappa shape index (κ1) is 15.7. The molecule has 3 nitrogen and oxygen atoms in total. The van der Waals surface area contributed by atoms with Gasteiger partial charge in [-0.05, 0) is 39.0 Å². The largest absolute Gasteiger partial charge is 0.465 e. The smallest absolute Gasteiger partial charge is 0.319 e. The summed E-state index contributed by atoms with van der Waals surface area (Å²) in [5.74, 6) is -1.00. The van der Waals surface area contributed by atoms with Crippen molar-refractivity contribution in [2.24, 2.45) is 5.41 Å². The van der Waals surface area contributed by atoms with E-state index in [1.807, 2.05) is 0 Å². The van der Waals surface area contributed by atoms with Crippen molar-refractivity contribution in [1.29, 1.82) is 0 Å². The molecule has 1 aromatic rings. The lowest BCUT2D eigenvalue weighted by molar-refractivity contribution is -0.157. The predicted molar refractivity (Wildman–Crippen MR) is 72.5 cm³/mol. The van der Waals surface area contributed by atoms with Gasteiger partial charge in [-0.15, -0.1) is 11.8 Å². The highest BCUT2D eigenvalue weighted by molar-refractivity contribution is 8.00. The lowest BCUT2D eigenvalue weighted by Gasteiger charge is -2.20. The van der Waals surface area contributed by atoms with Gasteiger partial charge in [-0.1, -0.05) is 6.07 Å². The average Bonchev–Trinajstić information content (AvgIpc) is 2.36. The second-order valence-electron chi connectivity index (χ2n) is 4.51. The van der Waals surface area contributed by atoms with Crippen LogP contribution in [-0.4, -0.2) is 24.1 Å². The number of hydrogen-bond acceptors (Lipinski definition) is 4. The topological polar surface area (TPSA) is 43.4 Å². The minimum atomic E-state index is -1.17. The molecule has 19 heavy (non-hydrogen) atoms. The third-order valence-corrected chi connectivity index (χ3v) is 3.64. The highest BCUT2D eigenvalue weighted by Gasteiger charge is 2.36. The first-order chi connectivity index (χ1) is 8.87. The Bertz CT molecular complexity index is 472. The highest BCUT2D eigenvalue weighted by Crippen LogP contribution is 2.25. The molecule has 0 amide bonds. The zero-order chi connectivity index (χ0) is 14.5. The number of thioether (sulfide) groups is 1. The summed E-state index contributed by atoms with van der Waals surface area (Å²) >= 11 is 1.21. The third kappa shape index (κ3) is 4.35. The molecule has 5 heteroatoms. The Kier molecular flexibility index (Phi) is 5.54. The van der Waals surface area contributed by atoms with E-state index in [4.69, 9.17) is 4.74 Å². The second-order valence-corrected chi connectivity index (χ2v) is 5.56. The fourth-order valence-electron chi connectivity index (χ4n) is 1.31. The Hall–Kier alpha value is -1.36. The maximum absolute atomic E-state index is 13.0. The Balaban J connectivity index is 2.62.